The number of aromatic nitrogens is 4. The van der Waals surface area contributed by atoms with E-state index in [9.17, 15) is 0 Å². The zero-order chi connectivity index (χ0) is 14.1. The van der Waals surface area contributed by atoms with Gasteiger partial charge in [-0.3, -0.25) is 9.67 Å². The van der Waals surface area contributed by atoms with Crippen LogP contribution in [0.15, 0.2) is 30.7 Å². The van der Waals surface area contributed by atoms with Crippen LogP contribution in [0.4, 0.5) is 5.69 Å². The molecule has 3 aromatic rings. The van der Waals surface area contributed by atoms with E-state index in [2.05, 4.69) is 26.4 Å². The van der Waals surface area contributed by atoms with Crippen LogP contribution >= 0.6 is 11.6 Å². The Morgan fingerprint density at radius 3 is 3.00 bits per heavy atom. The third-order valence-electron chi connectivity index (χ3n) is 3.17. The largest absolute Gasteiger partial charge is 0.378 e. The van der Waals surface area contributed by atoms with Crippen molar-refractivity contribution in [3.63, 3.8) is 0 Å². The number of halogens is 1. The second-order valence-electron chi connectivity index (χ2n) is 4.63. The Morgan fingerprint density at radius 1 is 1.35 bits per heavy atom. The molecule has 102 valence electrons. The fourth-order valence-electron chi connectivity index (χ4n) is 2.15. The van der Waals surface area contributed by atoms with Crippen molar-refractivity contribution < 1.29 is 0 Å². The van der Waals surface area contributed by atoms with E-state index < -0.39 is 0 Å². The maximum absolute atomic E-state index is 6.08. The number of rotatable bonds is 3. The Kier molecular flexibility index (Phi) is 3.28. The van der Waals surface area contributed by atoms with Crippen molar-refractivity contribution in [3.8, 4) is 0 Å². The summed E-state index contributed by atoms with van der Waals surface area (Å²) >= 11 is 6.08. The Balaban J connectivity index is 1.85. The highest BCUT2D eigenvalue weighted by atomic mass is 35.5. The molecule has 0 amide bonds. The van der Waals surface area contributed by atoms with E-state index in [0.717, 1.165) is 28.0 Å². The highest BCUT2D eigenvalue weighted by Crippen LogP contribution is 2.21. The predicted octanol–water partition coefficient (Wildman–Crippen LogP) is 2.94. The molecule has 0 aliphatic carbocycles. The van der Waals surface area contributed by atoms with Gasteiger partial charge in [0.05, 0.1) is 22.6 Å². The van der Waals surface area contributed by atoms with E-state index >= 15 is 0 Å². The number of hydrogen-bond donors (Lipinski definition) is 1. The highest BCUT2D eigenvalue weighted by molar-refractivity contribution is 6.33. The van der Waals surface area contributed by atoms with Gasteiger partial charge in [-0.25, -0.2) is 4.98 Å². The molecular formula is C14H14ClN5. The average Bonchev–Trinajstić information content (AvgIpc) is 2.73. The maximum atomic E-state index is 6.08. The summed E-state index contributed by atoms with van der Waals surface area (Å²) in [5.41, 5.74) is 3.77. The van der Waals surface area contributed by atoms with Gasteiger partial charge in [-0.05, 0) is 24.6 Å². The predicted molar refractivity (Wildman–Crippen MR) is 79.8 cm³/mol. The molecule has 3 aromatic heterocycles. The Bertz CT molecular complexity index is 765. The molecule has 5 nitrogen and oxygen atoms in total. The first-order valence-corrected chi connectivity index (χ1v) is 6.64. The molecule has 0 saturated carbocycles. The molecule has 0 aliphatic heterocycles. The van der Waals surface area contributed by atoms with Gasteiger partial charge in [-0.15, -0.1) is 0 Å². The normalized spacial score (nSPS) is 10.9. The van der Waals surface area contributed by atoms with Crippen LogP contribution in [0.5, 0.6) is 0 Å². The number of aryl methyl sites for hydroxylation is 2. The maximum Gasteiger partial charge on any atom is 0.157 e. The van der Waals surface area contributed by atoms with Crippen molar-refractivity contribution >= 4 is 28.3 Å². The average molecular weight is 288 g/mol. The monoisotopic (exact) mass is 287 g/mol. The minimum absolute atomic E-state index is 0.642. The van der Waals surface area contributed by atoms with Crippen molar-refractivity contribution in [1.29, 1.82) is 0 Å². The van der Waals surface area contributed by atoms with Crippen molar-refractivity contribution in [2.45, 2.75) is 13.5 Å². The van der Waals surface area contributed by atoms with Gasteiger partial charge in [0.15, 0.2) is 5.65 Å². The van der Waals surface area contributed by atoms with Gasteiger partial charge in [-0.1, -0.05) is 11.6 Å². The van der Waals surface area contributed by atoms with E-state index in [1.54, 1.807) is 23.1 Å². The van der Waals surface area contributed by atoms with Gasteiger partial charge in [0.2, 0.25) is 0 Å². The van der Waals surface area contributed by atoms with Crippen molar-refractivity contribution in [2.24, 2.45) is 7.05 Å². The fourth-order valence-corrected chi connectivity index (χ4v) is 2.32. The first-order chi connectivity index (χ1) is 9.65. The number of nitrogens with zero attached hydrogens (tertiary/aromatic N) is 4. The van der Waals surface area contributed by atoms with Crippen LogP contribution in [0.25, 0.3) is 11.0 Å². The summed E-state index contributed by atoms with van der Waals surface area (Å²) in [7, 11) is 1.90. The third kappa shape index (κ3) is 2.32. The number of fused-ring (bicyclic) bond motifs is 1. The Hall–Kier alpha value is -2.14. The van der Waals surface area contributed by atoms with Crippen molar-refractivity contribution in [3.05, 3.63) is 47.0 Å². The molecule has 0 spiro atoms. The minimum Gasteiger partial charge on any atom is -0.378 e. The van der Waals surface area contributed by atoms with Crippen molar-refractivity contribution in [2.75, 3.05) is 5.32 Å². The van der Waals surface area contributed by atoms with Crippen LogP contribution in [-0.4, -0.2) is 19.7 Å². The molecule has 0 aliphatic rings. The van der Waals surface area contributed by atoms with Gasteiger partial charge in [-0.2, -0.15) is 5.10 Å². The number of anilines is 1. The van der Waals surface area contributed by atoms with Gasteiger partial charge < -0.3 is 5.32 Å². The summed E-state index contributed by atoms with van der Waals surface area (Å²) in [5.74, 6) is 0. The van der Waals surface area contributed by atoms with Crippen LogP contribution in [0.1, 0.15) is 11.3 Å². The lowest BCUT2D eigenvalue weighted by Crippen LogP contribution is -2.01. The number of hydrogen-bond acceptors (Lipinski definition) is 4. The van der Waals surface area contributed by atoms with Crippen LogP contribution in [-0.2, 0) is 13.6 Å². The zero-order valence-electron chi connectivity index (χ0n) is 11.3. The third-order valence-corrected chi connectivity index (χ3v) is 3.50. The lowest BCUT2D eigenvalue weighted by molar-refractivity contribution is 0.773. The van der Waals surface area contributed by atoms with E-state index in [1.807, 2.05) is 20.2 Å². The topological polar surface area (TPSA) is 55.6 Å². The van der Waals surface area contributed by atoms with Gasteiger partial charge in [0, 0.05) is 31.4 Å². The summed E-state index contributed by atoms with van der Waals surface area (Å²) in [6.07, 6.45) is 5.23. The minimum atomic E-state index is 0.642. The molecule has 0 unspecified atom stereocenters. The van der Waals surface area contributed by atoms with Crippen molar-refractivity contribution in [1.82, 2.24) is 19.7 Å². The number of nitrogens with one attached hydrogen (secondary N) is 1. The molecule has 20 heavy (non-hydrogen) atoms. The molecule has 0 fully saturated rings. The summed E-state index contributed by atoms with van der Waals surface area (Å²) in [6, 6.07) is 3.86. The first kappa shape index (κ1) is 12.9. The first-order valence-electron chi connectivity index (χ1n) is 6.27. The molecule has 1 N–H and O–H groups in total. The molecule has 0 atom stereocenters. The quantitative estimate of drug-likeness (QED) is 0.805. The zero-order valence-corrected chi connectivity index (χ0v) is 12.0. The van der Waals surface area contributed by atoms with Crippen LogP contribution in [0.3, 0.4) is 0 Å². The highest BCUT2D eigenvalue weighted by Gasteiger charge is 2.07. The molecule has 0 aromatic carbocycles. The SMILES string of the molecule is Cc1nn(C)c2ncc(CNc3cnccc3Cl)cc12. The van der Waals surface area contributed by atoms with E-state index in [4.69, 9.17) is 11.6 Å². The second kappa shape index (κ2) is 5.09. The lowest BCUT2D eigenvalue weighted by atomic mass is 10.2. The number of pyridine rings is 2. The standard InChI is InChI=1S/C14H14ClN5/c1-9-11-5-10(7-18-14(11)20(2)19-9)6-17-13-8-16-4-3-12(13)15/h3-5,7-8,17H,6H2,1-2H3. The van der Waals surface area contributed by atoms with E-state index in [0.29, 0.717) is 11.6 Å². The molecule has 0 saturated heterocycles. The molecule has 3 heterocycles. The summed E-state index contributed by atoms with van der Waals surface area (Å²) in [5, 5.41) is 9.36. The summed E-state index contributed by atoms with van der Waals surface area (Å²) in [6.45, 7) is 2.63. The molecule has 0 bridgehead atoms. The summed E-state index contributed by atoms with van der Waals surface area (Å²) in [4.78, 5) is 8.50. The van der Waals surface area contributed by atoms with Crippen LogP contribution < -0.4 is 5.32 Å². The van der Waals surface area contributed by atoms with Crippen LogP contribution in [0.2, 0.25) is 5.02 Å². The van der Waals surface area contributed by atoms with Gasteiger partial charge >= 0.3 is 0 Å². The lowest BCUT2D eigenvalue weighted by Gasteiger charge is -2.07. The van der Waals surface area contributed by atoms with E-state index in [-0.39, 0.29) is 0 Å². The van der Waals surface area contributed by atoms with Gasteiger partial charge in [0.1, 0.15) is 0 Å². The molecule has 3 rings (SSSR count). The molecular weight excluding hydrogens is 274 g/mol. The molecule has 0 radical (unpaired) electrons. The fraction of sp³-hybridized carbons (Fsp3) is 0.214. The summed E-state index contributed by atoms with van der Waals surface area (Å²) < 4.78 is 1.79. The molecule has 6 heteroatoms. The van der Waals surface area contributed by atoms with E-state index in [1.165, 1.54) is 0 Å². The van der Waals surface area contributed by atoms with Crippen LogP contribution in [0, 0.1) is 6.92 Å². The smallest absolute Gasteiger partial charge is 0.157 e. The Morgan fingerprint density at radius 2 is 2.20 bits per heavy atom. The second-order valence-corrected chi connectivity index (χ2v) is 5.04. The van der Waals surface area contributed by atoms with Gasteiger partial charge in [0.25, 0.3) is 0 Å². The Labute approximate surface area is 121 Å².